The second-order valence-electron chi connectivity index (χ2n) is 9.44. The van der Waals surface area contributed by atoms with Crippen LogP contribution in [0.1, 0.15) is 13.8 Å². The lowest BCUT2D eigenvalue weighted by Crippen LogP contribution is -2.67. The summed E-state index contributed by atoms with van der Waals surface area (Å²) < 4.78 is 22.2. The average molecular weight is 587 g/mol. The van der Waals surface area contributed by atoms with Gasteiger partial charge in [0.05, 0.1) is 19.8 Å². The van der Waals surface area contributed by atoms with Gasteiger partial charge in [-0.3, -0.25) is 9.59 Å². The SMILES string of the molecule is CC(=O)NC(C=O)C(OC1OC(CO)C(O)C(O)C1O)C(OC1OC(CO)C(O)C(O)C1NC(C)=O)C(O)CO. The van der Waals surface area contributed by atoms with Gasteiger partial charge in [-0.1, -0.05) is 0 Å². The smallest absolute Gasteiger partial charge is 0.217 e. The van der Waals surface area contributed by atoms with Crippen LogP contribution in [0.25, 0.3) is 0 Å². The molecule has 0 radical (unpaired) electrons. The van der Waals surface area contributed by atoms with Crippen molar-refractivity contribution in [1.29, 1.82) is 0 Å². The largest absolute Gasteiger partial charge is 0.394 e. The summed E-state index contributed by atoms with van der Waals surface area (Å²) in [6.07, 6.45) is -21.4. The highest BCUT2D eigenvalue weighted by Crippen LogP contribution is 2.29. The Bertz CT molecular complexity index is 835. The fourth-order valence-corrected chi connectivity index (χ4v) is 4.36. The van der Waals surface area contributed by atoms with Crippen molar-refractivity contribution in [2.75, 3.05) is 19.8 Å². The molecule has 14 atom stereocenters. The highest BCUT2D eigenvalue weighted by Gasteiger charge is 2.51. The molecule has 0 aromatic rings. The number of nitrogens with one attached hydrogen (secondary N) is 2. The maximum atomic E-state index is 12.0. The minimum Gasteiger partial charge on any atom is -0.394 e. The molecule has 2 rings (SSSR count). The lowest BCUT2D eigenvalue weighted by Gasteiger charge is -2.46. The zero-order valence-corrected chi connectivity index (χ0v) is 21.7. The van der Waals surface area contributed by atoms with Gasteiger partial charge in [0.15, 0.2) is 12.6 Å². The van der Waals surface area contributed by atoms with Gasteiger partial charge in [-0.25, -0.2) is 0 Å². The van der Waals surface area contributed by atoms with Crippen molar-refractivity contribution in [3.8, 4) is 0 Å². The summed E-state index contributed by atoms with van der Waals surface area (Å²) in [5.74, 6) is -1.49. The van der Waals surface area contributed by atoms with Gasteiger partial charge < -0.3 is 80.3 Å². The summed E-state index contributed by atoms with van der Waals surface area (Å²) in [5, 5.41) is 95.4. The van der Waals surface area contributed by atoms with E-state index in [-0.39, 0.29) is 6.29 Å². The van der Waals surface area contributed by atoms with Crippen molar-refractivity contribution in [2.45, 2.75) is 99.6 Å². The number of hydrogen-bond donors (Lipinski definition) is 11. The first kappa shape index (κ1) is 34.3. The molecule has 0 aromatic carbocycles. The Hall–Kier alpha value is -1.91. The van der Waals surface area contributed by atoms with Crippen LogP contribution < -0.4 is 10.6 Å². The van der Waals surface area contributed by atoms with Crippen molar-refractivity contribution < 1.29 is 79.3 Å². The number of aliphatic hydroxyl groups is 9. The highest BCUT2D eigenvalue weighted by atomic mass is 16.7. The molecule has 0 saturated carbocycles. The van der Waals surface area contributed by atoms with Crippen LogP contribution in [0.5, 0.6) is 0 Å². The number of amides is 2. The molecule has 18 heteroatoms. The number of rotatable bonds is 13. The van der Waals surface area contributed by atoms with Crippen LogP contribution in [0.15, 0.2) is 0 Å². The summed E-state index contributed by atoms with van der Waals surface area (Å²) in [6, 6.07) is -3.24. The van der Waals surface area contributed by atoms with Crippen molar-refractivity contribution in [3.63, 3.8) is 0 Å². The van der Waals surface area contributed by atoms with Gasteiger partial charge >= 0.3 is 0 Å². The molecule has 2 heterocycles. The van der Waals surface area contributed by atoms with Crippen molar-refractivity contribution in [3.05, 3.63) is 0 Å². The molecule has 2 amide bonds. The summed E-state index contributed by atoms with van der Waals surface area (Å²) in [7, 11) is 0. The zero-order chi connectivity index (χ0) is 30.3. The van der Waals surface area contributed by atoms with Crippen molar-refractivity contribution >= 4 is 18.1 Å². The molecule has 40 heavy (non-hydrogen) atoms. The van der Waals surface area contributed by atoms with Gasteiger partial charge in [0.1, 0.15) is 79.4 Å². The standard InChI is InChI=1S/C22H38N2O16/c1-7(29)23-9(3-25)19(39-22-18(36)17(35)15(33)12(6-28)38-22)20(10(31)4-26)40-21-13(24-8(2)30)16(34)14(32)11(5-27)37-21/h3,9-22,26-28,31-36H,4-6H2,1-2H3,(H,23,29)(H,24,30). The molecule has 11 N–H and O–H groups in total. The van der Waals surface area contributed by atoms with E-state index in [1.54, 1.807) is 0 Å². The number of aliphatic hydroxyl groups excluding tert-OH is 9. The Morgan fingerprint density at radius 2 is 1.32 bits per heavy atom. The van der Waals surface area contributed by atoms with E-state index in [1.165, 1.54) is 0 Å². The number of hydrogen-bond acceptors (Lipinski definition) is 16. The Morgan fingerprint density at radius 3 is 1.80 bits per heavy atom. The molecule has 0 aliphatic carbocycles. The van der Waals surface area contributed by atoms with Gasteiger partial charge in [0.25, 0.3) is 0 Å². The third-order valence-corrected chi connectivity index (χ3v) is 6.44. The molecule has 0 spiro atoms. The first-order valence-corrected chi connectivity index (χ1v) is 12.3. The zero-order valence-electron chi connectivity index (χ0n) is 21.7. The minimum atomic E-state index is -1.99. The average Bonchev–Trinajstić information content (AvgIpc) is 2.92. The summed E-state index contributed by atoms with van der Waals surface area (Å²) >= 11 is 0. The third kappa shape index (κ3) is 8.10. The van der Waals surface area contributed by atoms with E-state index in [4.69, 9.17) is 18.9 Å². The number of carbonyl (C=O) groups is 3. The van der Waals surface area contributed by atoms with E-state index < -0.39 is 117 Å². The van der Waals surface area contributed by atoms with Crippen molar-refractivity contribution in [2.24, 2.45) is 0 Å². The summed E-state index contributed by atoms with van der Waals surface area (Å²) in [4.78, 5) is 35.6. The Kier molecular flexibility index (Phi) is 13.2. The van der Waals surface area contributed by atoms with Crippen LogP contribution in [0.2, 0.25) is 0 Å². The first-order valence-electron chi connectivity index (χ1n) is 12.3. The van der Waals surface area contributed by atoms with E-state index in [9.17, 15) is 60.3 Å². The highest BCUT2D eigenvalue weighted by molar-refractivity contribution is 5.77. The Balaban J connectivity index is 2.52. The molecule has 0 aromatic heterocycles. The van der Waals surface area contributed by atoms with Crippen LogP contribution in [-0.4, -0.2) is 170 Å². The quantitative estimate of drug-likeness (QED) is 0.0893. The first-order chi connectivity index (χ1) is 18.8. The monoisotopic (exact) mass is 586 g/mol. The predicted molar refractivity (Wildman–Crippen MR) is 126 cm³/mol. The molecule has 2 aliphatic rings. The van der Waals surface area contributed by atoms with Gasteiger partial charge in [-0.2, -0.15) is 0 Å². The van der Waals surface area contributed by atoms with Crippen LogP contribution in [0, 0.1) is 0 Å². The normalized spacial score (nSPS) is 37.6. The topological polar surface area (TPSA) is 294 Å². The maximum Gasteiger partial charge on any atom is 0.217 e. The van der Waals surface area contributed by atoms with Crippen molar-refractivity contribution in [1.82, 2.24) is 10.6 Å². The van der Waals surface area contributed by atoms with E-state index in [2.05, 4.69) is 10.6 Å². The van der Waals surface area contributed by atoms with E-state index in [0.717, 1.165) is 13.8 Å². The van der Waals surface area contributed by atoms with Crippen LogP contribution in [-0.2, 0) is 33.3 Å². The van der Waals surface area contributed by atoms with Crippen LogP contribution in [0.3, 0.4) is 0 Å². The molecule has 232 valence electrons. The molecule has 2 fully saturated rings. The molecule has 2 aliphatic heterocycles. The van der Waals surface area contributed by atoms with E-state index in [0.29, 0.717) is 0 Å². The number of carbonyl (C=O) groups excluding carboxylic acids is 3. The summed E-state index contributed by atoms with van der Waals surface area (Å²) in [6.45, 7) is -0.629. The van der Waals surface area contributed by atoms with Gasteiger partial charge in [-0.05, 0) is 0 Å². The van der Waals surface area contributed by atoms with Gasteiger partial charge in [0.2, 0.25) is 11.8 Å². The lowest BCUT2D eigenvalue weighted by molar-refractivity contribution is -0.338. The summed E-state index contributed by atoms with van der Waals surface area (Å²) in [5.41, 5.74) is 0. The number of ether oxygens (including phenoxy) is 4. The lowest BCUT2D eigenvalue weighted by atomic mass is 9.95. The second-order valence-corrected chi connectivity index (χ2v) is 9.44. The van der Waals surface area contributed by atoms with Gasteiger partial charge in [-0.15, -0.1) is 0 Å². The van der Waals surface area contributed by atoms with E-state index >= 15 is 0 Å². The van der Waals surface area contributed by atoms with Crippen LogP contribution >= 0.6 is 0 Å². The molecular weight excluding hydrogens is 548 g/mol. The fourth-order valence-electron chi connectivity index (χ4n) is 4.36. The Labute approximate surface area is 228 Å². The fraction of sp³-hybridized carbons (Fsp3) is 0.864. The Morgan fingerprint density at radius 1 is 0.800 bits per heavy atom. The minimum absolute atomic E-state index is 0.151. The molecular formula is C22H38N2O16. The molecule has 18 nitrogen and oxygen atoms in total. The second kappa shape index (κ2) is 15.4. The van der Waals surface area contributed by atoms with Crippen LogP contribution in [0.4, 0.5) is 0 Å². The van der Waals surface area contributed by atoms with Gasteiger partial charge in [0, 0.05) is 13.8 Å². The maximum absolute atomic E-state index is 12.0. The molecule has 0 bridgehead atoms. The van der Waals surface area contributed by atoms with E-state index in [1.807, 2.05) is 0 Å². The number of aldehydes is 1. The molecule has 14 unspecified atom stereocenters. The third-order valence-electron chi connectivity index (χ3n) is 6.44. The molecule has 2 saturated heterocycles. The predicted octanol–water partition coefficient (Wildman–Crippen LogP) is -7.44.